The van der Waals surface area contributed by atoms with Gasteiger partial charge in [-0.25, -0.2) is 4.79 Å². The van der Waals surface area contributed by atoms with Crippen molar-refractivity contribution in [3.63, 3.8) is 0 Å². The predicted molar refractivity (Wildman–Crippen MR) is 99.1 cm³/mol. The van der Waals surface area contributed by atoms with E-state index in [9.17, 15) is 9.59 Å². The number of likely N-dealkylation sites (tertiary alicyclic amines) is 2. The maximum atomic E-state index is 13.2. The molecular formula is C20H28N4O3. The van der Waals surface area contributed by atoms with E-state index in [4.69, 9.17) is 4.74 Å². The van der Waals surface area contributed by atoms with E-state index in [1.807, 2.05) is 30.6 Å². The lowest BCUT2D eigenvalue weighted by Crippen LogP contribution is -2.58. The number of carbonyl (C=O) groups excluding carboxylic acids is 2. The number of nitrogens with zero attached hydrogens (tertiary/aromatic N) is 4. The van der Waals surface area contributed by atoms with Gasteiger partial charge in [-0.3, -0.25) is 4.79 Å². The van der Waals surface area contributed by atoms with E-state index in [-0.39, 0.29) is 35.5 Å². The highest BCUT2D eigenvalue weighted by atomic mass is 16.6. The first-order valence-electron chi connectivity index (χ1n) is 9.81. The number of rotatable bonds is 1. The molecule has 2 saturated heterocycles. The fourth-order valence-corrected chi connectivity index (χ4v) is 5.37. The average molecular weight is 372 g/mol. The van der Waals surface area contributed by atoms with Crippen molar-refractivity contribution in [3.8, 4) is 0 Å². The fraction of sp³-hybridized carbons (Fsp3) is 0.700. The SMILES string of the molecule is CC(C)(C)OC(=O)N1C[C@@H]2C[C@@]3(C)[C@H](CCC[C@@H]13)N2C(=O)c1cccnn1. The van der Waals surface area contributed by atoms with Gasteiger partial charge in [-0.15, -0.1) is 5.10 Å². The molecule has 2 amide bonds. The second-order valence-corrected chi connectivity index (χ2v) is 9.28. The molecule has 27 heavy (non-hydrogen) atoms. The summed E-state index contributed by atoms with van der Waals surface area (Å²) < 4.78 is 5.68. The van der Waals surface area contributed by atoms with Crippen molar-refractivity contribution < 1.29 is 14.3 Å². The van der Waals surface area contributed by atoms with Crippen molar-refractivity contribution in [1.82, 2.24) is 20.0 Å². The lowest BCUT2D eigenvalue weighted by atomic mass is 9.66. The van der Waals surface area contributed by atoms with E-state index in [0.717, 1.165) is 25.7 Å². The molecule has 0 radical (unpaired) electrons. The van der Waals surface area contributed by atoms with Crippen LogP contribution in [0.15, 0.2) is 18.3 Å². The Morgan fingerprint density at radius 1 is 1.26 bits per heavy atom. The van der Waals surface area contributed by atoms with Crippen LogP contribution < -0.4 is 0 Å². The van der Waals surface area contributed by atoms with E-state index < -0.39 is 5.60 Å². The van der Waals surface area contributed by atoms with Gasteiger partial charge in [0.05, 0.1) is 6.04 Å². The van der Waals surface area contributed by atoms with Crippen LogP contribution in [-0.4, -0.2) is 62.3 Å². The van der Waals surface area contributed by atoms with Gasteiger partial charge in [-0.2, -0.15) is 5.10 Å². The van der Waals surface area contributed by atoms with Crippen molar-refractivity contribution in [2.24, 2.45) is 5.41 Å². The number of ether oxygens (including phenoxy) is 1. The quantitative estimate of drug-likeness (QED) is 0.758. The Hall–Kier alpha value is -2.18. The lowest BCUT2D eigenvalue weighted by Gasteiger charge is -2.49. The average Bonchev–Trinajstić information content (AvgIpc) is 2.90. The van der Waals surface area contributed by atoms with Crippen molar-refractivity contribution in [2.75, 3.05) is 6.54 Å². The fourth-order valence-electron chi connectivity index (χ4n) is 5.37. The second kappa shape index (κ2) is 6.17. The van der Waals surface area contributed by atoms with Crippen LogP contribution in [0.3, 0.4) is 0 Å². The standard InChI is InChI=1S/C20H28N4O3/c1-19(2,3)27-18(26)23-12-13-11-20(4)15(23)8-5-9-16(20)24(13)17(25)14-7-6-10-21-22-14/h6-7,10,13,15-16H,5,8-9,11-12H2,1-4H3/t13-,15+,16-,20+/m0/s1. The van der Waals surface area contributed by atoms with Crippen LogP contribution >= 0.6 is 0 Å². The van der Waals surface area contributed by atoms with Crippen LogP contribution in [0.2, 0.25) is 0 Å². The van der Waals surface area contributed by atoms with Crippen LogP contribution in [0.5, 0.6) is 0 Å². The molecule has 1 aromatic rings. The summed E-state index contributed by atoms with van der Waals surface area (Å²) >= 11 is 0. The van der Waals surface area contributed by atoms with Crippen LogP contribution in [-0.2, 0) is 4.74 Å². The molecule has 3 heterocycles. The minimum atomic E-state index is -0.530. The number of fused-ring (bicyclic) bond motifs is 1. The third kappa shape index (κ3) is 2.97. The number of hydrogen-bond acceptors (Lipinski definition) is 5. The molecule has 3 fully saturated rings. The highest BCUT2D eigenvalue weighted by Crippen LogP contribution is 2.54. The molecule has 1 aliphatic carbocycles. The Morgan fingerprint density at radius 2 is 2.00 bits per heavy atom. The van der Waals surface area contributed by atoms with Crippen LogP contribution in [0.1, 0.15) is 63.9 Å². The molecule has 0 unspecified atom stereocenters. The lowest BCUT2D eigenvalue weighted by molar-refractivity contribution is -0.0247. The smallest absolute Gasteiger partial charge is 0.410 e. The molecule has 2 bridgehead atoms. The maximum absolute atomic E-state index is 13.2. The summed E-state index contributed by atoms with van der Waals surface area (Å²) in [5.74, 6) is -0.0755. The predicted octanol–water partition coefficient (Wildman–Crippen LogP) is 2.87. The number of piperidine rings is 1. The van der Waals surface area contributed by atoms with Crippen molar-refractivity contribution in [3.05, 3.63) is 24.0 Å². The molecule has 1 aromatic heterocycles. The molecule has 146 valence electrons. The molecule has 0 aromatic carbocycles. The topological polar surface area (TPSA) is 75.6 Å². The van der Waals surface area contributed by atoms with Gasteiger partial charge >= 0.3 is 6.09 Å². The maximum Gasteiger partial charge on any atom is 0.410 e. The van der Waals surface area contributed by atoms with Crippen molar-refractivity contribution in [2.45, 2.75) is 77.1 Å². The van der Waals surface area contributed by atoms with E-state index in [2.05, 4.69) is 17.1 Å². The van der Waals surface area contributed by atoms with Crippen molar-refractivity contribution >= 4 is 12.0 Å². The molecular weight excluding hydrogens is 344 g/mol. The zero-order valence-electron chi connectivity index (χ0n) is 16.5. The molecule has 4 rings (SSSR count). The van der Waals surface area contributed by atoms with Gasteiger partial charge in [-0.05, 0) is 58.6 Å². The summed E-state index contributed by atoms with van der Waals surface area (Å²) in [5, 5.41) is 7.88. The van der Waals surface area contributed by atoms with Gasteiger partial charge in [0.25, 0.3) is 5.91 Å². The first-order chi connectivity index (χ1) is 12.7. The molecule has 7 heteroatoms. The van der Waals surface area contributed by atoms with Gasteiger partial charge in [-0.1, -0.05) is 6.92 Å². The Morgan fingerprint density at radius 3 is 2.67 bits per heavy atom. The number of hydrogen-bond donors (Lipinski definition) is 0. The third-order valence-corrected chi connectivity index (χ3v) is 6.32. The van der Waals surface area contributed by atoms with E-state index >= 15 is 0 Å². The number of carbonyl (C=O) groups is 2. The largest absolute Gasteiger partial charge is 0.444 e. The molecule has 3 aliphatic rings. The normalized spacial score (nSPS) is 32.4. The number of aromatic nitrogens is 2. The summed E-state index contributed by atoms with van der Waals surface area (Å²) in [4.78, 5) is 30.0. The van der Waals surface area contributed by atoms with Gasteiger partial charge in [0, 0.05) is 30.2 Å². The molecule has 4 atom stereocenters. The Balaban J connectivity index is 1.66. The first-order valence-corrected chi connectivity index (χ1v) is 9.81. The molecule has 1 saturated carbocycles. The molecule has 0 N–H and O–H groups in total. The van der Waals surface area contributed by atoms with Crippen LogP contribution in [0, 0.1) is 5.41 Å². The summed E-state index contributed by atoms with van der Waals surface area (Å²) in [5.41, 5.74) is -0.257. The third-order valence-electron chi connectivity index (χ3n) is 6.32. The minimum absolute atomic E-state index is 0.00336. The van der Waals surface area contributed by atoms with E-state index in [1.54, 1.807) is 18.3 Å². The molecule has 2 aliphatic heterocycles. The van der Waals surface area contributed by atoms with Gasteiger partial charge in [0.15, 0.2) is 5.69 Å². The summed E-state index contributed by atoms with van der Waals surface area (Å²) in [6.45, 7) is 8.42. The molecule has 0 spiro atoms. The zero-order chi connectivity index (χ0) is 19.4. The summed E-state index contributed by atoms with van der Waals surface area (Å²) in [6.07, 6.45) is 5.16. The summed E-state index contributed by atoms with van der Waals surface area (Å²) in [7, 11) is 0. The highest BCUT2D eigenvalue weighted by Gasteiger charge is 2.62. The van der Waals surface area contributed by atoms with Gasteiger partial charge < -0.3 is 14.5 Å². The minimum Gasteiger partial charge on any atom is -0.444 e. The van der Waals surface area contributed by atoms with E-state index in [0.29, 0.717) is 12.2 Å². The first kappa shape index (κ1) is 18.2. The highest BCUT2D eigenvalue weighted by molar-refractivity contribution is 5.93. The second-order valence-electron chi connectivity index (χ2n) is 9.28. The Labute approximate surface area is 160 Å². The number of amides is 2. The Bertz CT molecular complexity index is 747. The zero-order valence-corrected chi connectivity index (χ0v) is 16.5. The Kier molecular flexibility index (Phi) is 4.16. The van der Waals surface area contributed by atoms with Crippen molar-refractivity contribution in [1.29, 1.82) is 0 Å². The van der Waals surface area contributed by atoms with E-state index in [1.165, 1.54) is 0 Å². The monoisotopic (exact) mass is 372 g/mol. The van der Waals surface area contributed by atoms with Crippen LogP contribution in [0.25, 0.3) is 0 Å². The summed E-state index contributed by atoms with van der Waals surface area (Å²) in [6, 6.07) is 3.69. The van der Waals surface area contributed by atoms with Gasteiger partial charge in [0.2, 0.25) is 0 Å². The van der Waals surface area contributed by atoms with Gasteiger partial charge in [0.1, 0.15) is 5.60 Å². The molecule has 7 nitrogen and oxygen atoms in total. The van der Waals surface area contributed by atoms with Crippen LogP contribution in [0.4, 0.5) is 4.79 Å².